The second kappa shape index (κ2) is 19.2. The minimum Gasteiger partial charge on any atom is -0.467 e. The van der Waals surface area contributed by atoms with Crippen LogP contribution in [0.15, 0.2) is 78.4 Å². The van der Waals surface area contributed by atoms with E-state index in [1.54, 1.807) is 6.92 Å². The Labute approximate surface area is 290 Å². The number of methoxy groups -OCH3 is 1. The van der Waals surface area contributed by atoms with E-state index in [2.05, 4.69) is 16.6 Å². The lowest BCUT2D eigenvalue weighted by Crippen LogP contribution is -2.65. The number of rotatable bonds is 16. The van der Waals surface area contributed by atoms with E-state index < -0.39 is 79.1 Å². The van der Waals surface area contributed by atoms with Crippen molar-refractivity contribution in [2.45, 2.75) is 89.2 Å². The van der Waals surface area contributed by atoms with Crippen molar-refractivity contribution in [2.24, 2.45) is 11.0 Å². The summed E-state index contributed by atoms with van der Waals surface area (Å²) in [6, 6.07) is 17.4. The molecule has 2 aromatic rings. The Balaban J connectivity index is 1.76. The molecule has 2 fully saturated rings. The standard InChI is InChI=1S/C35H43N3O12/c1-6-17-43-34-27(37-38-36)31(46-19-25-15-11-8-12-16-25)30(26(48-34)20-44-22(3)39)50-35-32(47-23(4)40)28(21(2)29(49-35)33(41)42-5)45-18-24-13-9-7-10-14-24/h6-16,21,26-32,34-35H,1,17-20H2,2-5H3/t21-,26?,27?,28-,29?,30+,31+,32?,34-,35+/m1/s1. The molecule has 4 unspecified atom stereocenters. The van der Waals surface area contributed by atoms with Gasteiger partial charge >= 0.3 is 17.9 Å². The van der Waals surface area contributed by atoms with Crippen molar-refractivity contribution < 1.29 is 57.0 Å². The highest BCUT2D eigenvalue weighted by molar-refractivity contribution is 5.75. The molecule has 15 nitrogen and oxygen atoms in total. The van der Waals surface area contributed by atoms with Crippen molar-refractivity contribution in [1.82, 2.24) is 0 Å². The van der Waals surface area contributed by atoms with Crippen LogP contribution in [-0.2, 0) is 70.2 Å². The minimum absolute atomic E-state index is 0.0265. The minimum atomic E-state index is -1.48. The molecule has 0 amide bonds. The number of carbonyl (C=O) groups is 3. The molecule has 2 aliphatic heterocycles. The van der Waals surface area contributed by atoms with Crippen molar-refractivity contribution in [2.75, 3.05) is 20.3 Å². The summed E-state index contributed by atoms with van der Waals surface area (Å²) >= 11 is 0. The molecule has 2 aromatic carbocycles. The van der Waals surface area contributed by atoms with Crippen LogP contribution in [0.3, 0.4) is 0 Å². The van der Waals surface area contributed by atoms with Gasteiger partial charge in [-0.1, -0.05) is 78.8 Å². The van der Waals surface area contributed by atoms with Gasteiger partial charge < -0.3 is 42.6 Å². The number of nitrogens with zero attached hydrogens (tertiary/aromatic N) is 3. The fourth-order valence-corrected chi connectivity index (χ4v) is 5.78. The molecule has 10 atom stereocenters. The first kappa shape index (κ1) is 38.5. The number of benzene rings is 2. The first-order chi connectivity index (χ1) is 24.2. The number of ether oxygens (including phenoxy) is 9. The maximum atomic E-state index is 13.1. The van der Waals surface area contributed by atoms with E-state index in [0.717, 1.165) is 11.1 Å². The van der Waals surface area contributed by atoms with Gasteiger partial charge in [0.25, 0.3) is 0 Å². The number of carbonyl (C=O) groups excluding carboxylic acids is 3. The van der Waals surface area contributed by atoms with Crippen molar-refractivity contribution >= 4 is 17.9 Å². The van der Waals surface area contributed by atoms with Crippen LogP contribution in [0.1, 0.15) is 31.9 Å². The summed E-state index contributed by atoms with van der Waals surface area (Å²) in [5.74, 6) is -2.65. The Morgan fingerprint density at radius 3 is 2.02 bits per heavy atom. The van der Waals surface area contributed by atoms with Crippen molar-refractivity contribution in [3.8, 4) is 0 Å². The molecule has 0 bridgehead atoms. The van der Waals surface area contributed by atoms with E-state index in [1.165, 1.54) is 27.0 Å². The van der Waals surface area contributed by atoms with E-state index in [-0.39, 0.29) is 26.4 Å². The van der Waals surface area contributed by atoms with Gasteiger partial charge in [0.05, 0.1) is 26.9 Å². The Morgan fingerprint density at radius 1 is 0.860 bits per heavy atom. The second-order valence-electron chi connectivity index (χ2n) is 11.7. The maximum absolute atomic E-state index is 13.1. The highest BCUT2D eigenvalue weighted by Gasteiger charge is 2.55. The number of azide groups is 1. The molecule has 2 saturated heterocycles. The predicted octanol–water partition coefficient (Wildman–Crippen LogP) is 4.18. The zero-order chi connectivity index (χ0) is 36.0. The lowest BCUT2D eigenvalue weighted by Gasteiger charge is -2.48. The van der Waals surface area contributed by atoms with Gasteiger partial charge in [0.2, 0.25) is 0 Å². The van der Waals surface area contributed by atoms with Crippen LogP contribution in [-0.4, -0.2) is 93.5 Å². The summed E-state index contributed by atoms with van der Waals surface area (Å²) in [5.41, 5.74) is 11.2. The van der Waals surface area contributed by atoms with Crippen molar-refractivity contribution in [1.29, 1.82) is 0 Å². The van der Waals surface area contributed by atoms with Gasteiger partial charge in [0.1, 0.15) is 37.1 Å². The maximum Gasteiger partial charge on any atom is 0.335 e. The van der Waals surface area contributed by atoms with Crippen LogP contribution in [0.4, 0.5) is 0 Å². The first-order valence-electron chi connectivity index (χ1n) is 16.1. The van der Waals surface area contributed by atoms with E-state index in [0.29, 0.717) is 0 Å². The van der Waals surface area contributed by atoms with Gasteiger partial charge in [-0.15, -0.1) is 6.58 Å². The lowest BCUT2D eigenvalue weighted by atomic mass is 9.89. The molecular formula is C35H43N3O12. The third kappa shape index (κ3) is 10.3. The molecule has 0 aromatic heterocycles. The summed E-state index contributed by atoms with van der Waals surface area (Å²) < 4.78 is 53.7. The van der Waals surface area contributed by atoms with Gasteiger partial charge in [-0.25, -0.2) is 4.79 Å². The van der Waals surface area contributed by atoms with E-state index >= 15 is 0 Å². The monoisotopic (exact) mass is 697 g/mol. The summed E-state index contributed by atoms with van der Waals surface area (Å²) in [6.45, 7) is 7.68. The molecule has 0 spiro atoms. The van der Waals surface area contributed by atoms with E-state index in [9.17, 15) is 19.9 Å². The predicted molar refractivity (Wildman–Crippen MR) is 175 cm³/mol. The molecule has 4 rings (SSSR count). The average Bonchev–Trinajstić information content (AvgIpc) is 3.11. The fraction of sp³-hybridized carbons (Fsp3) is 0.514. The van der Waals surface area contributed by atoms with Crippen molar-refractivity contribution in [3.05, 3.63) is 94.9 Å². The molecule has 2 heterocycles. The largest absolute Gasteiger partial charge is 0.467 e. The highest BCUT2D eigenvalue weighted by Crippen LogP contribution is 2.37. The molecule has 270 valence electrons. The lowest BCUT2D eigenvalue weighted by molar-refractivity contribution is -0.344. The van der Waals surface area contributed by atoms with Gasteiger partial charge in [-0.3, -0.25) is 9.59 Å². The van der Waals surface area contributed by atoms with Gasteiger partial charge in [-0.05, 0) is 16.7 Å². The van der Waals surface area contributed by atoms with Gasteiger partial charge in [-0.2, -0.15) is 0 Å². The fourth-order valence-electron chi connectivity index (χ4n) is 5.78. The van der Waals surface area contributed by atoms with E-state index in [1.807, 2.05) is 60.7 Å². The molecule has 50 heavy (non-hydrogen) atoms. The van der Waals surface area contributed by atoms with E-state index in [4.69, 9.17) is 42.6 Å². The first-order valence-corrected chi connectivity index (χ1v) is 16.1. The van der Waals surface area contributed by atoms with Crippen LogP contribution in [0, 0.1) is 5.92 Å². The number of hydrogen-bond acceptors (Lipinski definition) is 13. The molecule has 0 saturated carbocycles. The van der Waals surface area contributed by atoms with Crippen LogP contribution < -0.4 is 0 Å². The molecular weight excluding hydrogens is 654 g/mol. The average molecular weight is 698 g/mol. The molecule has 0 aliphatic carbocycles. The topological polar surface area (TPSA) is 183 Å². The quantitative estimate of drug-likeness (QED) is 0.0610. The summed E-state index contributed by atoms with van der Waals surface area (Å²) in [6.07, 6.45) is -7.96. The van der Waals surface area contributed by atoms with Gasteiger partial charge in [0.15, 0.2) is 24.8 Å². The molecule has 0 radical (unpaired) electrons. The smallest absolute Gasteiger partial charge is 0.335 e. The normalized spacial score (nSPS) is 29.2. The van der Waals surface area contributed by atoms with Crippen molar-refractivity contribution in [3.63, 3.8) is 0 Å². The zero-order valence-corrected chi connectivity index (χ0v) is 28.4. The van der Waals surface area contributed by atoms with Crippen LogP contribution in [0.2, 0.25) is 0 Å². The Bertz CT molecular complexity index is 1460. The van der Waals surface area contributed by atoms with Crippen LogP contribution in [0.5, 0.6) is 0 Å². The van der Waals surface area contributed by atoms with Gasteiger partial charge in [0, 0.05) is 24.7 Å². The summed E-state index contributed by atoms with van der Waals surface area (Å²) in [5, 5.41) is 3.96. The Kier molecular flexibility index (Phi) is 14.7. The third-order valence-electron chi connectivity index (χ3n) is 8.09. The second-order valence-corrected chi connectivity index (χ2v) is 11.7. The van der Waals surface area contributed by atoms with Crippen LogP contribution >= 0.6 is 0 Å². The zero-order valence-electron chi connectivity index (χ0n) is 28.4. The number of hydrogen-bond donors (Lipinski definition) is 0. The number of esters is 3. The summed E-state index contributed by atoms with van der Waals surface area (Å²) in [7, 11) is 1.22. The third-order valence-corrected chi connectivity index (χ3v) is 8.09. The highest BCUT2D eigenvalue weighted by atomic mass is 16.8. The molecule has 2 aliphatic rings. The molecule has 0 N–H and O–H groups in total. The SMILES string of the molecule is C=CCO[C@@H]1OC(COC(C)=O)[C@H](O[C@@H]2OC(C(=O)OC)[C@H](C)[C@@H](OCc3ccccc3)C2OC(C)=O)[C@@H](OCc2ccccc2)C1N=[N+]=[N-]. The van der Waals surface area contributed by atoms with Crippen LogP contribution in [0.25, 0.3) is 10.4 Å². The summed E-state index contributed by atoms with van der Waals surface area (Å²) in [4.78, 5) is 40.6. The Hall–Kier alpha value is -4.34. The Morgan fingerprint density at radius 2 is 1.48 bits per heavy atom. The molecule has 15 heteroatoms.